The normalized spacial score (nSPS) is 21.4. The minimum absolute atomic E-state index is 0.104. The summed E-state index contributed by atoms with van der Waals surface area (Å²) in [5.74, 6) is -1.54. The van der Waals surface area contributed by atoms with E-state index in [0.29, 0.717) is 12.2 Å². The minimum Gasteiger partial charge on any atom is -0.381 e. The van der Waals surface area contributed by atoms with Crippen molar-refractivity contribution < 1.29 is 13.5 Å². The first-order chi connectivity index (χ1) is 9.13. The number of benzene rings is 1. The van der Waals surface area contributed by atoms with E-state index in [1.54, 1.807) is 0 Å². The fourth-order valence-corrected chi connectivity index (χ4v) is 2.82. The summed E-state index contributed by atoms with van der Waals surface area (Å²) in [7, 11) is 0. The largest absolute Gasteiger partial charge is 0.381 e. The molecule has 19 heavy (non-hydrogen) atoms. The van der Waals surface area contributed by atoms with E-state index < -0.39 is 11.6 Å². The van der Waals surface area contributed by atoms with Gasteiger partial charge in [0.15, 0.2) is 11.6 Å². The van der Waals surface area contributed by atoms with Gasteiger partial charge in [-0.1, -0.05) is 18.5 Å². The van der Waals surface area contributed by atoms with Crippen LogP contribution in [0.15, 0.2) is 12.1 Å². The Balaban J connectivity index is 2.29. The minimum atomic E-state index is -0.913. The number of hydrogen-bond donors (Lipinski definition) is 1. The van der Waals surface area contributed by atoms with E-state index in [9.17, 15) is 8.78 Å². The Kier molecular flexibility index (Phi) is 5.13. The van der Waals surface area contributed by atoms with Crippen LogP contribution in [0.25, 0.3) is 0 Å². The van der Waals surface area contributed by atoms with Gasteiger partial charge in [-0.3, -0.25) is 0 Å². The highest BCUT2D eigenvalue weighted by molar-refractivity contribution is 6.31. The fourth-order valence-electron chi connectivity index (χ4n) is 2.56. The molecule has 1 heterocycles. The quantitative estimate of drug-likeness (QED) is 0.854. The highest BCUT2D eigenvalue weighted by Crippen LogP contribution is 2.34. The summed E-state index contributed by atoms with van der Waals surface area (Å²) >= 11 is 6.06. The van der Waals surface area contributed by atoms with Crippen LogP contribution in [-0.2, 0) is 4.74 Å². The lowest BCUT2D eigenvalue weighted by Gasteiger charge is -2.31. The van der Waals surface area contributed by atoms with Crippen molar-refractivity contribution in [2.45, 2.75) is 25.8 Å². The van der Waals surface area contributed by atoms with Crippen LogP contribution in [0.2, 0.25) is 5.02 Å². The van der Waals surface area contributed by atoms with Gasteiger partial charge in [0.05, 0.1) is 6.61 Å². The number of ether oxygens (including phenoxy) is 1. The predicted octanol–water partition coefficient (Wildman–Crippen LogP) is 3.70. The predicted molar refractivity (Wildman–Crippen MR) is 71.3 cm³/mol. The van der Waals surface area contributed by atoms with Crippen LogP contribution < -0.4 is 5.32 Å². The summed E-state index contributed by atoms with van der Waals surface area (Å²) in [5, 5.41) is 3.56. The molecule has 1 aliphatic rings. The van der Waals surface area contributed by atoms with E-state index in [1.807, 2.05) is 6.92 Å². The molecule has 1 aromatic carbocycles. The van der Waals surface area contributed by atoms with E-state index in [2.05, 4.69) is 5.32 Å². The number of rotatable bonds is 4. The van der Waals surface area contributed by atoms with E-state index in [4.69, 9.17) is 16.3 Å². The zero-order valence-electron chi connectivity index (χ0n) is 10.9. The smallest absolute Gasteiger partial charge is 0.160 e. The van der Waals surface area contributed by atoms with Crippen LogP contribution >= 0.6 is 11.6 Å². The lowest BCUT2D eigenvalue weighted by Crippen LogP contribution is -2.33. The molecule has 2 nitrogen and oxygen atoms in total. The van der Waals surface area contributed by atoms with Crippen molar-refractivity contribution in [1.82, 2.24) is 5.32 Å². The first-order valence-corrected chi connectivity index (χ1v) is 6.96. The van der Waals surface area contributed by atoms with Gasteiger partial charge < -0.3 is 10.1 Å². The second-order valence-electron chi connectivity index (χ2n) is 4.80. The van der Waals surface area contributed by atoms with Gasteiger partial charge in [0.1, 0.15) is 0 Å². The Morgan fingerprint density at radius 3 is 2.79 bits per heavy atom. The molecule has 106 valence electrons. The molecule has 2 unspecified atom stereocenters. The topological polar surface area (TPSA) is 21.3 Å². The third-order valence-corrected chi connectivity index (χ3v) is 3.79. The highest BCUT2D eigenvalue weighted by Gasteiger charge is 2.27. The van der Waals surface area contributed by atoms with Crippen molar-refractivity contribution in [3.63, 3.8) is 0 Å². The average molecular weight is 290 g/mol. The maximum atomic E-state index is 13.4. The molecule has 0 saturated carbocycles. The molecule has 2 atom stereocenters. The lowest BCUT2D eigenvalue weighted by atomic mass is 9.88. The van der Waals surface area contributed by atoms with Gasteiger partial charge in [-0.15, -0.1) is 0 Å². The third kappa shape index (κ3) is 3.44. The van der Waals surface area contributed by atoms with E-state index >= 15 is 0 Å². The molecule has 0 spiro atoms. The van der Waals surface area contributed by atoms with Gasteiger partial charge in [0, 0.05) is 23.6 Å². The lowest BCUT2D eigenvalue weighted by molar-refractivity contribution is 0.0392. The molecule has 0 aromatic heterocycles. The van der Waals surface area contributed by atoms with Crippen molar-refractivity contribution in [3.8, 4) is 0 Å². The molecule has 0 radical (unpaired) electrons. The zero-order chi connectivity index (χ0) is 13.8. The summed E-state index contributed by atoms with van der Waals surface area (Å²) < 4.78 is 32.1. The molecule has 1 saturated heterocycles. The summed E-state index contributed by atoms with van der Waals surface area (Å²) in [6, 6.07) is 2.13. The standard InChI is InChI=1S/C14H18ClF2NO/c1-2-18-14(9-4-3-5-19-8-9)10-6-12(16)13(17)7-11(10)15/h6-7,9,14,18H,2-5,8H2,1H3. The molecule has 1 aliphatic heterocycles. The number of hydrogen-bond acceptors (Lipinski definition) is 2. The van der Waals surface area contributed by atoms with E-state index in [-0.39, 0.29) is 17.0 Å². The van der Waals surface area contributed by atoms with Crippen molar-refractivity contribution in [1.29, 1.82) is 0 Å². The third-order valence-electron chi connectivity index (χ3n) is 3.47. The van der Waals surface area contributed by atoms with Crippen LogP contribution in [0.1, 0.15) is 31.4 Å². The Hall–Kier alpha value is -0.710. The summed E-state index contributed by atoms with van der Waals surface area (Å²) in [5.41, 5.74) is 0.609. The van der Waals surface area contributed by atoms with Gasteiger partial charge in [0.2, 0.25) is 0 Å². The molecule has 1 N–H and O–H groups in total. The molecule has 5 heteroatoms. The Morgan fingerprint density at radius 2 is 2.16 bits per heavy atom. The highest BCUT2D eigenvalue weighted by atomic mass is 35.5. The van der Waals surface area contributed by atoms with E-state index in [1.165, 1.54) is 6.07 Å². The zero-order valence-corrected chi connectivity index (χ0v) is 11.6. The number of halogens is 3. The molecule has 1 aromatic rings. The second-order valence-corrected chi connectivity index (χ2v) is 5.21. The molecule has 0 aliphatic carbocycles. The SMILES string of the molecule is CCNC(c1cc(F)c(F)cc1Cl)C1CCCOC1. The summed E-state index contributed by atoms with van der Waals surface area (Å²) in [6.07, 6.45) is 1.97. The number of nitrogens with one attached hydrogen (secondary N) is 1. The van der Waals surface area contributed by atoms with Crippen LogP contribution in [0.5, 0.6) is 0 Å². The first kappa shape index (κ1) is 14.7. The first-order valence-electron chi connectivity index (χ1n) is 6.59. The van der Waals surface area contributed by atoms with Crippen molar-refractivity contribution in [2.75, 3.05) is 19.8 Å². The van der Waals surface area contributed by atoms with Crippen molar-refractivity contribution >= 4 is 11.6 Å². The molecule has 1 fully saturated rings. The summed E-state index contributed by atoms with van der Waals surface area (Å²) in [6.45, 7) is 4.09. The van der Waals surface area contributed by atoms with Gasteiger partial charge in [0.25, 0.3) is 0 Å². The van der Waals surface area contributed by atoms with E-state index in [0.717, 1.165) is 32.1 Å². The molecular formula is C14H18ClF2NO. The second kappa shape index (κ2) is 6.64. The Bertz CT molecular complexity index is 436. The van der Waals surface area contributed by atoms with Crippen LogP contribution in [-0.4, -0.2) is 19.8 Å². The van der Waals surface area contributed by atoms with Gasteiger partial charge in [-0.25, -0.2) is 8.78 Å². The van der Waals surface area contributed by atoms with Crippen LogP contribution in [0.4, 0.5) is 8.78 Å². The van der Waals surface area contributed by atoms with Crippen LogP contribution in [0, 0.1) is 17.6 Å². The molecule has 0 bridgehead atoms. The van der Waals surface area contributed by atoms with Gasteiger partial charge in [-0.2, -0.15) is 0 Å². The molecule has 2 rings (SSSR count). The Labute approximate surface area is 117 Å². The Morgan fingerprint density at radius 1 is 1.42 bits per heavy atom. The molecular weight excluding hydrogens is 272 g/mol. The maximum absolute atomic E-state index is 13.4. The van der Waals surface area contributed by atoms with Gasteiger partial charge >= 0.3 is 0 Å². The maximum Gasteiger partial charge on any atom is 0.160 e. The van der Waals surface area contributed by atoms with Crippen LogP contribution in [0.3, 0.4) is 0 Å². The molecule has 0 amide bonds. The van der Waals surface area contributed by atoms with Crippen molar-refractivity contribution in [2.24, 2.45) is 5.92 Å². The average Bonchev–Trinajstić information content (AvgIpc) is 2.42. The van der Waals surface area contributed by atoms with Crippen molar-refractivity contribution in [3.05, 3.63) is 34.4 Å². The monoisotopic (exact) mass is 289 g/mol. The summed E-state index contributed by atoms with van der Waals surface area (Å²) in [4.78, 5) is 0. The fraction of sp³-hybridized carbons (Fsp3) is 0.571. The van der Waals surface area contributed by atoms with Gasteiger partial charge in [-0.05, 0) is 37.1 Å².